The minimum Gasteiger partial charge on any atom is -0.349 e. The second-order valence-corrected chi connectivity index (χ2v) is 7.76. The van der Waals surface area contributed by atoms with Crippen LogP contribution >= 0.6 is 11.6 Å². The van der Waals surface area contributed by atoms with E-state index in [-0.39, 0.29) is 16.6 Å². The SMILES string of the molecule is CCN(CC)c1ncc(Cl)c(C(=O)NCC2CCCCN2Cc2ccccc2)n1. The van der Waals surface area contributed by atoms with Crippen LogP contribution in [0.4, 0.5) is 5.95 Å². The Balaban J connectivity index is 1.65. The molecule has 0 aliphatic carbocycles. The van der Waals surface area contributed by atoms with Gasteiger partial charge in [0.05, 0.1) is 11.2 Å². The zero-order valence-electron chi connectivity index (χ0n) is 17.3. The average Bonchev–Trinajstić information content (AvgIpc) is 2.75. The van der Waals surface area contributed by atoms with E-state index in [4.69, 9.17) is 11.6 Å². The van der Waals surface area contributed by atoms with Gasteiger partial charge in [-0.1, -0.05) is 48.4 Å². The zero-order chi connectivity index (χ0) is 20.6. The summed E-state index contributed by atoms with van der Waals surface area (Å²) in [5.74, 6) is 0.295. The lowest BCUT2D eigenvalue weighted by Crippen LogP contribution is -2.46. The van der Waals surface area contributed by atoms with Gasteiger partial charge >= 0.3 is 0 Å². The number of nitrogens with zero attached hydrogens (tertiary/aromatic N) is 4. The number of carbonyl (C=O) groups is 1. The van der Waals surface area contributed by atoms with Crippen LogP contribution in [0.1, 0.15) is 49.2 Å². The fraction of sp³-hybridized carbons (Fsp3) is 0.500. The van der Waals surface area contributed by atoms with E-state index in [2.05, 4.69) is 44.5 Å². The lowest BCUT2D eigenvalue weighted by Gasteiger charge is -2.35. The molecule has 1 amide bonds. The molecule has 7 heteroatoms. The minimum absolute atomic E-state index is 0.240. The summed E-state index contributed by atoms with van der Waals surface area (Å²) in [5, 5.41) is 3.33. The maximum atomic E-state index is 12.8. The van der Waals surface area contributed by atoms with Gasteiger partial charge in [0.1, 0.15) is 0 Å². The van der Waals surface area contributed by atoms with E-state index in [0.717, 1.165) is 32.6 Å². The summed E-state index contributed by atoms with van der Waals surface area (Å²) in [6, 6.07) is 10.8. The van der Waals surface area contributed by atoms with E-state index < -0.39 is 0 Å². The first kappa shape index (κ1) is 21.5. The summed E-state index contributed by atoms with van der Waals surface area (Å²) < 4.78 is 0. The number of halogens is 1. The summed E-state index contributed by atoms with van der Waals surface area (Å²) in [6.45, 7) is 8.16. The van der Waals surface area contributed by atoms with E-state index in [0.29, 0.717) is 18.5 Å². The van der Waals surface area contributed by atoms with Gasteiger partial charge in [0.25, 0.3) is 5.91 Å². The Morgan fingerprint density at radius 2 is 2.00 bits per heavy atom. The molecule has 1 N–H and O–H groups in total. The molecule has 156 valence electrons. The molecule has 1 fully saturated rings. The molecule has 29 heavy (non-hydrogen) atoms. The number of anilines is 1. The maximum absolute atomic E-state index is 12.8. The van der Waals surface area contributed by atoms with Crippen molar-refractivity contribution >= 4 is 23.5 Å². The number of nitrogens with one attached hydrogen (secondary N) is 1. The van der Waals surface area contributed by atoms with E-state index in [9.17, 15) is 4.79 Å². The van der Waals surface area contributed by atoms with Gasteiger partial charge in [0.2, 0.25) is 5.95 Å². The first-order valence-electron chi connectivity index (χ1n) is 10.5. The normalized spacial score (nSPS) is 17.1. The molecular formula is C22H30ClN5O. The molecule has 0 bridgehead atoms. The molecule has 1 aromatic carbocycles. The third-order valence-corrected chi connectivity index (χ3v) is 5.75. The van der Waals surface area contributed by atoms with E-state index in [1.807, 2.05) is 24.8 Å². The predicted molar refractivity (Wildman–Crippen MR) is 117 cm³/mol. The Morgan fingerprint density at radius 3 is 2.72 bits per heavy atom. The number of hydrogen-bond acceptors (Lipinski definition) is 5. The van der Waals surface area contributed by atoms with Gasteiger partial charge in [-0.25, -0.2) is 9.97 Å². The zero-order valence-corrected chi connectivity index (χ0v) is 18.0. The van der Waals surface area contributed by atoms with Crippen molar-refractivity contribution in [3.05, 3.63) is 52.8 Å². The van der Waals surface area contributed by atoms with Crippen molar-refractivity contribution in [2.45, 2.75) is 45.7 Å². The van der Waals surface area contributed by atoms with Gasteiger partial charge in [0.15, 0.2) is 5.69 Å². The summed E-state index contributed by atoms with van der Waals surface area (Å²) in [6.07, 6.45) is 4.98. The molecule has 6 nitrogen and oxygen atoms in total. The van der Waals surface area contributed by atoms with Crippen LogP contribution < -0.4 is 10.2 Å². The number of piperidine rings is 1. The number of benzene rings is 1. The topological polar surface area (TPSA) is 61.4 Å². The number of rotatable bonds is 8. The van der Waals surface area contributed by atoms with Crippen molar-refractivity contribution in [2.75, 3.05) is 31.1 Å². The molecule has 3 rings (SSSR count). The predicted octanol–water partition coefficient (Wildman–Crippen LogP) is 3.76. The first-order chi connectivity index (χ1) is 14.1. The monoisotopic (exact) mass is 415 g/mol. The number of hydrogen-bond donors (Lipinski definition) is 1. The van der Waals surface area contributed by atoms with Crippen molar-refractivity contribution in [3.63, 3.8) is 0 Å². The molecule has 2 heterocycles. The smallest absolute Gasteiger partial charge is 0.271 e. The Hall–Kier alpha value is -2.18. The van der Waals surface area contributed by atoms with E-state index in [1.165, 1.54) is 24.6 Å². The molecule has 1 aliphatic heterocycles. The van der Waals surface area contributed by atoms with Gasteiger partial charge in [-0.2, -0.15) is 0 Å². The Kier molecular flexibility index (Phi) is 7.83. The largest absolute Gasteiger partial charge is 0.349 e. The van der Waals surface area contributed by atoms with Crippen LogP contribution in [0.15, 0.2) is 36.5 Å². The highest BCUT2D eigenvalue weighted by Gasteiger charge is 2.24. The molecule has 1 saturated heterocycles. The van der Waals surface area contributed by atoms with E-state index in [1.54, 1.807) is 0 Å². The van der Waals surface area contributed by atoms with Crippen LogP contribution in [0.25, 0.3) is 0 Å². The van der Waals surface area contributed by atoms with Crippen LogP contribution in [0.3, 0.4) is 0 Å². The fourth-order valence-electron chi connectivity index (χ4n) is 3.79. The number of aromatic nitrogens is 2. The average molecular weight is 416 g/mol. The third-order valence-electron chi connectivity index (χ3n) is 5.47. The summed E-state index contributed by atoms with van der Waals surface area (Å²) in [7, 11) is 0. The van der Waals surface area contributed by atoms with Gasteiger partial charge in [-0.05, 0) is 38.8 Å². The van der Waals surface area contributed by atoms with Gasteiger partial charge in [-0.3, -0.25) is 9.69 Å². The Bertz CT molecular complexity index is 797. The Labute approximate surface area is 178 Å². The molecule has 1 atom stereocenters. The highest BCUT2D eigenvalue weighted by molar-refractivity contribution is 6.33. The molecule has 1 unspecified atom stereocenters. The lowest BCUT2D eigenvalue weighted by atomic mass is 10.0. The third kappa shape index (κ3) is 5.67. The fourth-order valence-corrected chi connectivity index (χ4v) is 3.96. The molecule has 0 radical (unpaired) electrons. The molecular weight excluding hydrogens is 386 g/mol. The number of amides is 1. The Morgan fingerprint density at radius 1 is 1.24 bits per heavy atom. The molecule has 2 aromatic rings. The van der Waals surface area contributed by atoms with Crippen LogP contribution in [-0.4, -0.2) is 53.0 Å². The summed E-state index contributed by atoms with van der Waals surface area (Å²) in [4.78, 5) is 25.9. The van der Waals surface area contributed by atoms with Crippen LogP contribution in [0, 0.1) is 0 Å². The minimum atomic E-state index is -0.240. The summed E-state index contributed by atoms with van der Waals surface area (Å²) >= 11 is 6.22. The second-order valence-electron chi connectivity index (χ2n) is 7.35. The van der Waals surface area contributed by atoms with Crippen molar-refractivity contribution in [3.8, 4) is 0 Å². The van der Waals surface area contributed by atoms with Crippen LogP contribution in [-0.2, 0) is 6.54 Å². The second kappa shape index (κ2) is 10.6. The van der Waals surface area contributed by atoms with Gasteiger partial charge in [-0.15, -0.1) is 0 Å². The van der Waals surface area contributed by atoms with Crippen LogP contribution in [0.2, 0.25) is 5.02 Å². The summed E-state index contributed by atoms with van der Waals surface area (Å²) in [5.41, 5.74) is 1.54. The molecule has 1 aromatic heterocycles. The quantitative estimate of drug-likeness (QED) is 0.711. The van der Waals surface area contributed by atoms with Gasteiger partial charge < -0.3 is 10.2 Å². The standard InChI is InChI=1S/C22H30ClN5O/c1-3-27(4-2)22-25-15-19(23)20(26-22)21(29)24-14-18-12-8-9-13-28(18)16-17-10-6-5-7-11-17/h5-7,10-11,15,18H,3-4,8-9,12-14,16H2,1-2H3,(H,24,29). The first-order valence-corrected chi connectivity index (χ1v) is 10.8. The lowest BCUT2D eigenvalue weighted by molar-refractivity contribution is 0.0903. The molecule has 0 spiro atoms. The van der Waals surface area contributed by atoms with Crippen molar-refractivity contribution < 1.29 is 4.79 Å². The van der Waals surface area contributed by atoms with Gasteiger partial charge in [0, 0.05) is 32.2 Å². The highest BCUT2D eigenvalue weighted by atomic mass is 35.5. The maximum Gasteiger partial charge on any atom is 0.271 e. The molecule has 0 saturated carbocycles. The van der Waals surface area contributed by atoms with Crippen molar-refractivity contribution in [1.82, 2.24) is 20.2 Å². The highest BCUT2D eigenvalue weighted by Crippen LogP contribution is 2.20. The number of likely N-dealkylation sites (tertiary alicyclic amines) is 1. The van der Waals surface area contributed by atoms with E-state index >= 15 is 0 Å². The molecule has 1 aliphatic rings. The van der Waals surface area contributed by atoms with Crippen LogP contribution in [0.5, 0.6) is 0 Å². The number of carbonyl (C=O) groups excluding carboxylic acids is 1. The van der Waals surface area contributed by atoms with Crippen molar-refractivity contribution in [1.29, 1.82) is 0 Å². The van der Waals surface area contributed by atoms with Crippen molar-refractivity contribution in [2.24, 2.45) is 0 Å².